The molecule has 0 bridgehead atoms. The first-order valence-corrected chi connectivity index (χ1v) is 48.5. The van der Waals surface area contributed by atoms with Crippen molar-refractivity contribution in [2.75, 3.05) is 29.4 Å². The minimum absolute atomic E-state index is 0.00190. The molecular formula is C117H120B2N6O. The molecule has 0 saturated heterocycles. The summed E-state index contributed by atoms with van der Waals surface area (Å²) in [5.41, 5.74) is 46.8. The van der Waals surface area contributed by atoms with E-state index in [1.807, 2.05) is 0 Å². The Morgan fingerprint density at radius 1 is 0.325 bits per heavy atom. The van der Waals surface area contributed by atoms with Crippen LogP contribution in [0, 0.1) is 13.8 Å². The summed E-state index contributed by atoms with van der Waals surface area (Å²) in [4.78, 5) is 16.9. The van der Waals surface area contributed by atoms with Crippen LogP contribution >= 0.6 is 0 Å². The quantitative estimate of drug-likeness (QED) is 0.147. The Kier molecular flexibility index (Phi) is 15.1. The number of benzene rings is 12. The summed E-state index contributed by atoms with van der Waals surface area (Å²) in [5, 5.41) is 2.31. The zero-order valence-corrected chi connectivity index (χ0v) is 77.5. The van der Waals surface area contributed by atoms with Crippen molar-refractivity contribution in [3.05, 3.63) is 274 Å². The molecule has 8 atom stereocenters. The van der Waals surface area contributed by atoms with Gasteiger partial charge in [0.1, 0.15) is 11.2 Å². The van der Waals surface area contributed by atoms with Gasteiger partial charge in [0, 0.05) is 106 Å². The van der Waals surface area contributed by atoms with Gasteiger partial charge in [-0.15, -0.1) is 0 Å². The lowest BCUT2D eigenvalue weighted by Crippen LogP contribution is -2.64. The van der Waals surface area contributed by atoms with E-state index in [0.29, 0.717) is 0 Å². The fourth-order valence-electron chi connectivity index (χ4n) is 30.4. The van der Waals surface area contributed by atoms with Crippen molar-refractivity contribution in [3.63, 3.8) is 0 Å². The standard InChI is InChI=1S/C117H120B2N6O/c1-70-59-96-103-98(61-70)124-105-82(110(10)51-20-26-57-116(110,124)16)32-28-34-89(105)118(103)87-47-43-76(122-91-49-40-73(107(3,4)5)64-85(91)112(12)53-22-24-55-114(112,122)14)67-94(87)120(96)75-42-46-81-80(66-75)78-45-39-72(63-84(78)109(81,8)9)69-108(6,7)74-41-50-92-86(65-74)113(13)54-23-25-56-115(113,15)123(92)77-44-48-88-95(68-77)121(93-36-30-38-101-102(93)79-31-18-19-37-100(79)126-101)97-60-71(2)62-99-104(97)119(88)90-35-29-33-83-106(90)125(99)117(17)58-27-21-52-111(83,117)11/h18-19,28-50,59-68H,20-27,51-58,69H2,1-17H3. The van der Waals surface area contributed by atoms with Crippen LogP contribution in [0.3, 0.4) is 0 Å². The normalized spacial score (nSPS) is 27.1. The molecule has 8 unspecified atom stereocenters. The average Bonchev–Trinajstić information content (AvgIpc) is 1.42. The Labute approximate surface area is 748 Å². The molecule has 630 valence electrons. The number of para-hydroxylation sites is 3. The zero-order chi connectivity index (χ0) is 86.0. The van der Waals surface area contributed by atoms with Gasteiger partial charge in [0.15, 0.2) is 0 Å². The monoisotopic (exact) mass is 1650 g/mol. The first kappa shape index (κ1) is 76.6. The molecule has 5 aliphatic carbocycles. The van der Waals surface area contributed by atoms with Gasteiger partial charge in [-0.25, -0.2) is 0 Å². The Morgan fingerprint density at radius 2 is 0.794 bits per heavy atom. The molecule has 8 aliphatic heterocycles. The summed E-state index contributed by atoms with van der Waals surface area (Å²) in [6, 6.07) is 86.9. The van der Waals surface area contributed by atoms with Gasteiger partial charge in [-0.1, -0.05) is 249 Å². The molecule has 4 saturated carbocycles. The summed E-state index contributed by atoms with van der Waals surface area (Å²) in [7, 11) is 0. The average molecular weight is 1650 g/mol. The first-order valence-electron chi connectivity index (χ1n) is 48.5. The van der Waals surface area contributed by atoms with Crippen molar-refractivity contribution < 1.29 is 4.42 Å². The minimum Gasteiger partial charge on any atom is -0.456 e. The number of furan rings is 1. The molecule has 0 amide bonds. The molecule has 126 heavy (non-hydrogen) atoms. The largest absolute Gasteiger partial charge is 0.456 e. The van der Waals surface area contributed by atoms with E-state index in [4.69, 9.17) is 4.42 Å². The highest BCUT2D eigenvalue weighted by Gasteiger charge is 2.66. The van der Waals surface area contributed by atoms with Crippen LogP contribution in [-0.2, 0) is 44.3 Å². The van der Waals surface area contributed by atoms with E-state index in [9.17, 15) is 0 Å². The smallest absolute Gasteiger partial charge is 0.252 e. The van der Waals surface area contributed by atoms with Crippen LogP contribution in [0.1, 0.15) is 268 Å². The summed E-state index contributed by atoms with van der Waals surface area (Å²) < 4.78 is 6.83. The maximum absolute atomic E-state index is 6.83. The second-order valence-corrected chi connectivity index (χ2v) is 45.8. The van der Waals surface area contributed by atoms with E-state index >= 15 is 0 Å². The highest BCUT2D eigenvalue weighted by atomic mass is 16.3. The van der Waals surface area contributed by atoms with Crippen LogP contribution in [0.25, 0.3) is 33.1 Å². The molecule has 9 heteroatoms. The maximum atomic E-state index is 6.83. The third-order valence-electron chi connectivity index (χ3n) is 37.8. The van der Waals surface area contributed by atoms with Gasteiger partial charge in [0.05, 0.1) is 33.2 Å². The number of nitrogens with zero attached hydrogens (tertiary/aromatic N) is 6. The molecule has 7 nitrogen and oxygen atoms in total. The SMILES string of the molecule is Cc1cc2c3c(c1)N1c4c(cccc4C4(C)CCCCC14C)B3c1ccc(N3c4ccc(C(C)(C)C)cc4C4(C)CCCCC34C)cc1N2c1ccc2c(c1)-c1ccc(CC(C)(C)c3ccc4c(c3)C3(C)CCCCC3(C)N4c3ccc4c(c3)N(c3cccc5oc6ccccc6c35)c3cc(C)cc5c3B4c3cccc4c3N5C3(C)CCCCC43C)cc1C2(C)C. The van der Waals surface area contributed by atoms with Crippen molar-refractivity contribution >= 4 is 148 Å². The number of hydrogen-bond acceptors (Lipinski definition) is 7. The van der Waals surface area contributed by atoms with Gasteiger partial charge in [-0.3, -0.25) is 0 Å². The van der Waals surface area contributed by atoms with Crippen LogP contribution in [0.5, 0.6) is 0 Å². The first-order chi connectivity index (χ1) is 60.4. The van der Waals surface area contributed by atoms with Crippen LogP contribution in [0.2, 0.25) is 0 Å². The summed E-state index contributed by atoms with van der Waals surface area (Å²) in [6.07, 6.45) is 20.3. The van der Waals surface area contributed by atoms with Crippen molar-refractivity contribution in [2.24, 2.45) is 0 Å². The molecule has 1 aromatic heterocycles. The number of anilines is 14. The molecule has 4 fully saturated rings. The molecule has 13 aliphatic rings. The highest BCUT2D eigenvalue weighted by Crippen LogP contribution is 2.68. The van der Waals surface area contributed by atoms with E-state index in [0.717, 1.165) is 47.6 Å². The van der Waals surface area contributed by atoms with Crippen LogP contribution < -0.4 is 62.2 Å². The van der Waals surface area contributed by atoms with Crippen LogP contribution in [0.4, 0.5) is 79.6 Å². The Balaban J connectivity index is 0.582. The van der Waals surface area contributed by atoms with Crippen molar-refractivity contribution in [3.8, 4) is 11.1 Å². The fraction of sp³-hybridized carbons (Fsp3) is 0.385. The summed E-state index contributed by atoms with van der Waals surface area (Å²) in [5.74, 6) is 0. The Bertz CT molecular complexity index is 7060. The summed E-state index contributed by atoms with van der Waals surface area (Å²) >= 11 is 0. The number of aryl methyl sites for hydroxylation is 2. The van der Waals surface area contributed by atoms with Gasteiger partial charge in [0.2, 0.25) is 0 Å². The van der Waals surface area contributed by atoms with E-state index < -0.39 is 0 Å². The van der Waals surface area contributed by atoms with Crippen LogP contribution in [-0.4, -0.2) is 35.6 Å². The van der Waals surface area contributed by atoms with Gasteiger partial charge in [0.25, 0.3) is 13.4 Å². The Morgan fingerprint density at radius 3 is 1.35 bits per heavy atom. The lowest BCUT2D eigenvalue weighted by Gasteiger charge is -2.53. The Hall–Kier alpha value is -10.6. The van der Waals surface area contributed by atoms with E-state index in [-0.39, 0.29) is 73.5 Å². The van der Waals surface area contributed by atoms with Gasteiger partial charge in [-0.05, 0) is 306 Å². The minimum atomic E-state index is -0.229. The number of fused-ring (bicyclic) bond motifs is 26. The molecule has 0 radical (unpaired) electrons. The lowest BCUT2D eigenvalue weighted by molar-refractivity contribution is 0.194. The third kappa shape index (κ3) is 9.25. The second kappa shape index (κ2) is 24.8. The van der Waals surface area contributed by atoms with E-state index in [1.54, 1.807) is 11.1 Å². The highest BCUT2D eigenvalue weighted by molar-refractivity contribution is 7.01. The van der Waals surface area contributed by atoms with Gasteiger partial charge < -0.3 is 33.8 Å². The maximum Gasteiger partial charge on any atom is 0.252 e. The topological polar surface area (TPSA) is 32.6 Å². The van der Waals surface area contributed by atoms with Gasteiger partial charge >= 0.3 is 0 Å². The summed E-state index contributed by atoms with van der Waals surface area (Å²) in [6.45, 7) is 43.1. The van der Waals surface area contributed by atoms with Crippen molar-refractivity contribution in [1.82, 2.24) is 0 Å². The van der Waals surface area contributed by atoms with E-state index in [1.165, 1.54) is 257 Å². The lowest BCUT2D eigenvalue weighted by atomic mass is 9.33. The molecule has 12 aromatic carbocycles. The predicted octanol–water partition coefficient (Wildman–Crippen LogP) is 26.5. The second-order valence-electron chi connectivity index (χ2n) is 45.8. The fourth-order valence-corrected chi connectivity index (χ4v) is 30.4. The zero-order valence-electron chi connectivity index (χ0n) is 77.5. The molecule has 26 rings (SSSR count). The predicted molar refractivity (Wildman–Crippen MR) is 533 cm³/mol. The molecule has 13 aromatic rings. The van der Waals surface area contributed by atoms with Crippen molar-refractivity contribution in [1.29, 1.82) is 0 Å². The van der Waals surface area contributed by atoms with Crippen LogP contribution in [0.15, 0.2) is 217 Å². The van der Waals surface area contributed by atoms with E-state index in [2.05, 4.69) is 359 Å². The molecular weight excluding hydrogens is 1530 g/mol. The van der Waals surface area contributed by atoms with Crippen molar-refractivity contribution in [2.45, 2.75) is 287 Å². The molecule has 0 spiro atoms. The third-order valence-corrected chi connectivity index (χ3v) is 37.8. The number of rotatable bonds is 7. The molecule has 0 N–H and O–H groups in total. The van der Waals surface area contributed by atoms with Gasteiger partial charge in [-0.2, -0.15) is 0 Å². The molecule has 9 heterocycles. The number of hydrogen-bond donors (Lipinski definition) is 0.